The second-order valence-electron chi connectivity index (χ2n) is 12.4. The minimum atomic E-state index is -0.936. The van der Waals surface area contributed by atoms with E-state index in [-0.39, 0.29) is 63.4 Å². The number of halogens is 3. The summed E-state index contributed by atoms with van der Waals surface area (Å²) in [6.07, 6.45) is 8.69. The predicted octanol–water partition coefficient (Wildman–Crippen LogP) is 4.96. The highest BCUT2D eigenvalue weighted by Crippen LogP contribution is 2.43. The maximum absolute atomic E-state index is 17.0. The van der Waals surface area contributed by atoms with Crippen LogP contribution in [0.1, 0.15) is 37.7 Å². The van der Waals surface area contributed by atoms with Crippen LogP contribution in [0.2, 0.25) is 0 Å². The zero-order valence-corrected chi connectivity index (χ0v) is 25.7. The Balaban J connectivity index is 1.43. The molecule has 2 aromatic carbocycles. The summed E-state index contributed by atoms with van der Waals surface area (Å²) in [5, 5.41) is 14.8. The van der Waals surface area contributed by atoms with E-state index in [4.69, 9.17) is 20.9 Å². The molecule has 7 rings (SSSR count). The Labute approximate surface area is 264 Å². The summed E-state index contributed by atoms with van der Waals surface area (Å²) < 4.78 is 58.3. The second-order valence-corrected chi connectivity index (χ2v) is 12.4. The van der Waals surface area contributed by atoms with Gasteiger partial charge in [-0.05, 0) is 62.9 Å². The van der Waals surface area contributed by atoms with Crippen LogP contribution < -0.4 is 19.7 Å². The summed E-state index contributed by atoms with van der Waals surface area (Å²) in [6.45, 7) is 2.57. The van der Waals surface area contributed by atoms with Crippen molar-refractivity contribution in [3.05, 3.63) is 41.5 Å². The van der Waals surface area contributed by atoms with Crippen molar-refractivity contribution in [1.29, 1.82) is 0 Å². The average Bonchev–Trinajstić information content (AvgIpc) is 3.59. The zero-order valence-electron chi connectivity index (χ0n) is 25.7. The number of piperidine rings is 1. The third kappa shape index (κ3) is 5.02. The normalized spacial score (nSPS) is 23.2. The van der Waals surface area contributed by atoms with E-state index in [0.717, 1.165) is 32.2 Å². The number of phenols is 1. The molecule has 4 aromatic rings. The molecule has 240 valence electrons. The smallest absolute Gasteiger partial charge is 0.319 e. The summed E-state index contributed by atoms with van der Waals surface area (Å²) >= 11 is 0. The van der Waals surface area contributed by atoms with E-state index in [1.54, 1.807) is 0 Å². The number of terminal acetylenes is 1. The fourth-order valence-electron chi connectivity index (χ4n) is 7.53. The molecule has 9 nitrogen and oxygen atoms in total. The third-order valence-corrected chi connectivity index (χ3v) is 9.72. The molecule has 3 atom stereocenters. The van der Waals surface area contributed by atoms with Gasteiger partial charge in [0.1, 0.15) is 46.8 Å². The SMILES string of the molecule is C#Cc1c(F)ccc2cc(O)cc(-c3nc(OC)c4c(N5CCCC(NC)C5)nc(OC[C@@]56CCCN5C[C@H](F)C6)nc4c3F)c12. The molecule has 0 saturated carbocycles. The van der Waals surface area contributed by atoms with Gasteiger partial charge < -0.3 is 24.8 Å². The number of aromatic nitrogens is 3. The van der Waals surface area contributed by atoms with Gasteiger partial charge in [0.25, 0.3) is 0 Å². The number of likely N-dealkylation sites (N-methyl/N-ethyl adjacent to an activating group) is 1. The first-order chi connectivity index (χ1) is 22.2. The highest BCUT2D eigenvalue weighted by molar-refractivity contribution is 6.04. The van der Waals surface area contributed by atoms with E-state index in [2.05, 4.69) is 26.1 Å². The lowest BCUT2D eigenvalue weighted by Gasteiger charge is -2.34. The van der Waals surface area contributed by atoms with E-state index in [0.29, 0.717) is 37.3 Å². The zero-order chi connectivity index (χ0) is 32.2. The molecule has 2 aromatic heterocycles. The summed E-state index contributed by atoms with van der Waals surface area (Å²) in [7, 11) is 3.31. The number of phenolic OH excluding ortho intramolecular Hbond substituents is 1. The number of pyridine rings is 1. The van der Waals surface area contributed by atoms with Gasteiger partial charge in [0.15, 0.2) is 5.82 Å². The van der Waals surface area contributed by atoms with Gasteiger partial charge in [0, 0.05) is 43.0 Å². The number of nitrogens with zero attached hydrogens (tertiary/aromatic N) is 5. The number of methoxy groups -OCH3 is 1. The Morgan fingerprint density at radius 2 is 1.98 bits per heavy atom. The molecule has 3 aliphatic heterocycles. The number of hydrogen-bond donors (Lipinski definition) is 2. The molecular formula is C34H35F3N6O3. The highest BCUT2D eigenvalue weighted by atomic mass is 19.1. The molecule has 0 aliphatic carbocycles. The standard InChI is InChI=1S/C34H35F3N6O3/c1-4-23-25(36)9-8-19-13-22(44)14-24(26(19)23)29-28(37)30-27(32(39-29)45-3)31(42-11-5-7-21(17-42)38-2)41-33(40-30)46-18-34-10-6-12-43(34)16-20(35)15-34/h1,8-9,13-14,20-21,38,44H,5-7,10-12,15-18H2,2-3H3/t20-,21?,34+/m1/s1. The Morgan fingerprint density at radius 1 is 1.13 bits per heavy atom. The molecule has 5 heterocycles. The van der Waals surface area contributed by atoms with Gasteiger partial charge >= 0.3 is 6.01 Å². The van der Waals surface area contributed by atoms with Gasteiger partial charge in [0.2, 0.25) is 5.88 Å². The molecule has 12 heteroatoms. The fraction of sp³-hybridized carbons (Fsp3) is 0.441. The molecule has 2 N–H and O–H groups in total. The van der Waals surface area contributed by atoms with Crippen LogP contribution in [-0.4, -0.2) is 89.7 Å². The molecule has 3 aliphatic rings. The second kappa shape index (κ2) is 11.8. The van der Waals surface area contributed by atoms with Crippen LogP contribution in [0, 0.1) is 24.0 Å². The first-order valence-corrected chi connectivity index (χ1v) is 15.6. The Morgan fingerprint density at radius 3 is 2.76 bits per heavy atom. The number of nitrogens with one attached hydrogen (secondary N) is 1. The number of alkyl halides is 1. The van der Waals surface area contributed by atoms with Gasteiger partial charge in [-0.3, -0.25) is 4.90 Å². The molecule has 0 bridgehead atoms. The van der Waals surface area contributed by atoms with Crippen molar-refractivity contribution in [3.8, 4) is 41.2 Å². The lowest BCUT2D eigenvalue weighted by atomic mass is 9.95. The Kier molecular flexibility index (Phi) is 7.77. The van der Waals surface area contributed by atoms with Gasteiger partial charge in [-0.1, -0.05) is 12.0 Å². The van der Waals surface area contributed by atoms with Crippen LogP contribution in [0.15, 0.2) is 24.3 Å². The van der Waals surface area contributed by atoms with E-state index in [1.807, 2.05) is 11.9 Å². The number of aromatic hydroxyl groups is 1. The van der Waals surface area contributed by atoms with Crippen LogP contribution >= 0.6 is 0 Å². The van der Waals surface area contributed by atoms with Crippen molar-refractivity contribution in [3.63, 3.8) is 0 Å². The molecule has 3 saturated heterocycles. The Hall–Kier alpha value is -4.34. The van der Waals surface area contributed by atoms with Crippen LogP contribution in [0.25, 0.3) is 32.9 Å². The van der Waals surface area contributed by atoms with E-state index in [1.165, 1.54) is 31.4 Å². The number of ether oxygens (including phenoxy) is 2. The monoisotopic (exact) mass is 632 g/mol. The van der Waals surface area contributed by atoms with Gasteiger partial charge in [-0.25, -0.2) is 18.2 Å². The van der Waals surface area contributed by atoms with Gasteiger partial charge in [-0.2, -0.15) is 9.97 Å². The lowest BCUT2D eigenvalue weighted by molar-refractivity contribution is 0.107. The minimum Gasteiger partial charge on any atom is -0.508 e. The summed E-state index contributed by atoms with van der Waals surface area (Å²) in [6, 6.07) is 5.50. The van der Waals surface area contributed by atoms with E-state index in [9.17, 15) is 13.9 Å². The largest absolute Gasteiger partial charge is 0.508 e. The number of fused-ring (bicyclic) bond motifs is 3. The lowest BCUT2D eigenvalue weighted by Crippen LogP contribution is -2.45. The minimum absolute atomic E-state index is 0.0475. The Bertz CT molecular complexity index is 1880. The molecule has 0 amide bonds. The molecule has 0 radical (unpaired) electrons. The summed E-state index contributed by atoms with van der Waals surface area (Å²) in [5.74, 6) is 1.13. The number of benzene rings is 2. The van der Waals surface area contributed by atoms with Crippen molar-refractivity contribution in [2.24, 2.45) is 0 Å². The van der Waals surface area contributed by atoms with Crippen LogP contribution in [0.5, 0.6) is 17.6 Å². The molecule has 1 unspecified atom stereocenters. The molecular weight excluding hydrogens is 597 g/mol. The van der Waals surface area contributed by atoms with Crippen LogP contribution in [-0.2, 0) is 0 Å². The summed E-state index contributed by atoms with van der Waals surface area (Å²) in [5.41, 5.74) is -0.813. The summed E-state index contributed by atoms with van der Waals surface area (Å²) in [4.78, 5) is 18.1. The number of hydrogen-bond acceptors (Lipinski definition) is 9. The number of rotatable bonds is 7. The van der Waals surface area contributed by atoms with Crippen molar-refractivity contribution >= 4 is 27.5 Å². The highest BCUT2D eigenvalue weighted by Gasteiger charge is 2.49. The van der Waals surface area contributed by atoms with Crippen molar-refractivity contribution in [2.75, 3.05) is 51.8 Å². The van der Waals surface area contributed by atoms with E-state index >= 15 is 4.39 Å². The predicted molar refractivity (Wildman–Crippen MR) is 169 cm³/mol. The third-order valence-electron chi connectivity index (χ3n) is 9.72. The maximum Gasteiger partial charge on any atom is 0.319 e. The average molecular weight is 633 g/mol. The van der Waals surface area contributed by atoms with Crippen molar-refractivity contribution in [2.45, 2.75) is 49.9 Å². The quantitative estimate of drug-likeness (QED) is 0.274. The molecule has 46 heavy (non-hydrogen) atoms. The van der Waals surface area contributed by atoms with Crippen LogP contribution in [0.3, 0.4) is 0 Å². The van der Waals surface area contributed by atoms with Gasteiger partial charge in [0.05, 0.1) is 18.2 Å². The first-order valence-electron chi connectivity index (χ1n) is 15.6. The molecule has 0 spiro atoms. The van der Waals surface area contributed by atoms with Gasteiger partial charge in [-0.15, -0.1) is 6.42 Å². The van der Waals surface area contributed by atoms with Crippen LogP contribution in [0.4, 0.5) is 19.0 Å². The maximum atomic E-state index is 17.0. The topological polar surface area (TPSA) is 95.9 Å². The van der Waals surface area contributed by atoms with E-state index < -0.39 is 23.3 Å². The van der Waals surface area contributed by atoms with Crippen molar-refractivity contribution < 1.29 is 27.8 Å². The first kappa shape index (κ1) is 30.3. The van der Waals surface area contributed by atoms with Crippen molar-refractivity contribution in [1.82, 2.24) is 25.2 Å². The molecule has 3 fully saturated rings. The number of anilines is 1. The fourth-order valence-corrected chi connectivity index (χ4v) is 7.53.